The minimum absolute atomic E-state index is 0.0293. The van der Waals surface area contributed by atoms with Crippen molar-refractivity contribution in [2.75, 3.05) is 6.61 Å². The summed E-state index contributed by atoms with van der Waals surface area (Å²) in [6.07, 6.45) is 5.51. The molecule has 4 heteroatoms. The highest BCUT2D eigenvalue weighted by atomic mass is 16.3. The first kappa shape index (κ1) is 15.1. The van der Waals surface area contributed by atoms with Crippen molar-refractivity contribution < 1.29 is 14.3 Å². The lowest BCUT2D eigenvalue weighted by Crippen LogP contribution is -2.38. The van der Waals surface area contributed by atoms with Crippen molar-refractivity contribution in [3.05, 3.63) is 23.7 Å². The van der Waals surface area contributed by atoms with E-state index in [9.17, 15) is 9.90 Å². The zero-order valence-electron chi connectivity index (χ0n) is 12.6. The lowest BCUT2D eigenvalue weighted by molar-refractivity contribution is 0.0905. The Kier molecular flexibility index (Phi) is 4.53. The molecule has 1 atom stereocenters. The molecule has 1 aliphatic carbocycles. The van der Waals surface area contributed by atoms with E-state index in [1.165, 1.54) is 0 Å². The molecule has 20 heavy (non-hydrogen) atoms. The van der Waals surface area contributed by atoms with Gasteiger partial charge in [-0.05, 0) is 37.2 Å². The van der Waals surface area contributed by atoms with E-state index in [-0.39, 0.29) is 24.0 Å². The third kappa shape index (κ3) is 4.10. The van der Waals surface area contributed by atoms with E-state index >= 15 is 0 Å². The highest BCUT2D eigenvalue weighted by Gasteiger charge is 2.31. The molecule has 0 bridgehead atoms. The molecule has 2 N–H and O–H groups in total. The number of aliphatic hydroxyl groups excluding tert-OH is 1. The van der Waals surface area contributed by atoms with Gasteiger partial charge in [0.05, 0.1) is 24.5 Å². The van der Waals surface area contributed by atoms with Crippen molar-refractivity contribution >= 4 is 5.91 Å². The van der Waals surface area contributed by atoms with Crippen LogP contribution in [0.4, 0.5) is 0 Å². The fourth-order valence-corrected chi connectivity index (χ4v) is 2.25. The molecule has 1 amide bonds. The second kappa shape index (κ2) is 6.00. The number of hydrogen-bond donors (Lipinski definition) is 2. The quantitative estimate of drug-likeness (QED) is 0.841. The normalized spacial score (nSPS) is 17.0. The third-order valence-corrected chi connectivity index (χ3v) is 3.69. The SMILES string of the molecule is CC(C)(C)CC[C@H](CO)NC(=O)c1ccoc1C1CC1. The van der Waals surface area contributed by atoms with Crippen LogP contribution in [0.1, 0.15) is 68.5 Å². The van der Waals surface area contributed by atoms with Crippen LogP contribution < -0.4 is 5.32 Å². The summed E-state index contributed by atoms with van der Waals surface area (Å²) in [6.45, 7) is 6.44. The van der Waals surface area contributed by atoms with E-state index in [1.807, 2.05) is 0 Å². The topological polar surface area (TPSA) is 62.5 Å². The molecule has 1 aromatic rings. The van der Waals surface area contributed by atoms with Gasteiger partial charge in [0.25, 0.3) is 5.91 Å². The van der Waals surface area contributed by atoms with Crippen LogP contribution in [-0.4, -0.2) is 23.7 Å². The van der Waals surface area contributed by atoms with Crippen LogP contribution in [0.2, 0.25) is 0 Å². The predicted molar refractivity (Wildman–Crippen MR) is 77.7 cm³/mol. The summed E-state index contributed by atoms with van der Waals surface area (Å²) in [5.41, 5.74) is 0.828. The molecule has 0 radical (unpaired) electrons. The summed E-state index contributed by atoms with van der Waals surface area (Å²) >= 11 is 0. The average molecular weight is 279 g/mol. The number of carbonyl (C=O) groups excluding carboxylic acids is 1. The van der Waals surface area contributed by atoms with Gasteiger partial charge < -0.3 is 14.8 Å². The van der Waals surface area contributed by atoms with Gasteiger partial charge in [0.2, 0.25) is 0 Å². The number of nitrogens with one attached hydrogen (secondary N) is 1. The van der Waals surface area contributed by atoms with E-state index in [2.05, 4.69) is 26.1 Å². The molecule has 1 saturated carbocycles. The van der Waals surface area contributed by atoms with Gasteiger partial charge in [0.1, 0.15) is 5.76 Å². The summed E-state index contributed by atoms with van der Waals surface area (Å²) in [5.74, 6) is 1.08. The fourth-order valence-electron chi connectivity index (χ4n) is 2.25. The van der Waals surface area contributed by atoms with Crippen molar-refractivity contribution in [1.29, 1.82) is 0 Å². The Bertz CT molecular complexity index is 455. The maximum atomic E-state index is 12.3. The summed E-state index contributed by atoms with van der Waals surface area (Å²) in [4.78, 5) is 12.3. The van der Waals surface area contributed by atoms with E-state index in [1.54, 1.807) is 12.3 Å². The van der Waals surface area contributed by atoms with Gasteiger partial charge in [-0.2, -0.15) is 0 Å². The van der Waals surface area contributed by atoms with Crippen molar-refractivity contribution in [3.63, 3.8) is 0 Å². The predicted octanol–water partition coefficient (Wildman–Crippen LogP) is 3.07. The Morgan fingerprint density at radius 2 is 2.20 bits per heavy atom. The summed E-state index contributed by atoms with van der Waals surface area (Å²) in [7, 11) is 0. The van der Waals surface area contributed by atoms with E-state index in [0.29, 0.717) is 11.5 Å². The van der Waals surface area contributed by atoms with E-state index in [4.69, 9.17) is 4.42 Å². The Morgan fingerprint density at radius 3 is 2.75 bits per heavy atom. The van der Waals surface area contributed by atoms with Gasteiger partial charge >= 0.3 is 0 Å². The van der Waals surface area contributed by atoms with Crippen LogP contribution in [0.3, 0.4) is 0 Å². The van der Waals surface area contributed by atoms with Gasteiger partial charge in [0.15, 0.2) is 0 Å². The fraction of sp³-hybridized carbons (Fsp3) is 0.688. The highest BCUT2D eigenvalue weighted by Crippen LogP contribution is 2.42. The second-order valence-electron chi connectivity index (χ2n) is 6.93. The van der Waals surface area contributed by atoms with Crippen molar-refractivity contribution in [3.8, 4) is 0 Å². The van der Waals surface area contributed by atoms with Crippen LogP contribution in [0.25, 0.3) is 0 Å². The lowest BCUT2D eigenvalue weighted by atomic mass is 9.89. The van der Waals surface area contributed by atoms with Crippen molar-refractivity contribution in [1.82, 2.24) is 5.32 Å². The zero-order valence-corrected chi connectivity index (χ0v) is 12.6. The summed E-state index contributed by atoms with van der Waals surface area (Å²) in [5, 5.41) is 12.3. The molecular weight excluding hydrogens is 254 g/mol. The molecular formula is C16H25NO3. The molecule has 0 spiro atoms. The Labute approximate surface area is 120 Å². The van der Waals surface area contributed by atoms with Gasteiger partial charge in [0, 0.05) is 5.92 Å². The molecule has 0 saturated heterocycles. The Morgan fingerprint density at radius 1 is 1.50 bits per heavy atom. The van der Waals surface area contributed by atoms with Crippen LogP contribution in [-0.2, 0) is 0 Å². The molecule has 0 aliphatic heterocycles. The van der Waals surface area contributed by atoms with Crippen molar-refractivity contribution in [2.24, 2.45) is 5.41 Å². The van der Waals surface area contributed by atoms with Gasteiger partial charge in [-0.3, -0.25) is 4.79 Å². The lowest BCUT2D eigenvalue weighted by Gasteiger charge is -2.22. The standard InChI is InChI=1S/C16H25NO3/c1-16(2,3)8-6-12(10-18)17-15(19)13-7-9-20-14(13)11-4-5-11/h7,9,11-12,18H,4-6,8,10H2,1-3H3,(H,17,19)/t12-/m1/s1. The second-order valence-corrected chi connectivity index (χ2v) is 6.93. The van der Waals surface area contributed by atoms with Gasteiger partial charge in [-0.15, -0.1) is 0 Å². The first-order valence-corrected chi connectivity index (χ1v) is 7.40. The van der Waals surface area contributed by atoms with Crippen LogP contribution in [0.15, 0.2) is 16.7 Å². The number of rotatable bonds is 6. The molecule has 0 unspecified atom stereocenters. The number of aliphatic hydroxyl groups is 1. The van der Waals surface area contributed by atoms with Crippen LogP contribution in [0, 0.1) is 5.41 Å². The summed E-state index contributed by atoms with van der Waals surface area (Å²) < 4.78 is 5.42. The summed E-state index contributed by atoms with van der Waals surface area (Å²) in [6, 6.07) is 1.53. The molecule has 1 fully saturated rings. The smallest absolute Gasteiger partial charge is 0.255 e. The molecule has 1 aromatic heterocycles. The van der Waals surface area contributed by atoms with Crippen LogP contribution in [0.5, 0.6) is 0 Å². The minimum atomic E-state index is -0.191. The Balaban J connectivity index is 1.93. The van der Waals surface area contributed by atoms with E-state index in [0.717, 1.165) is 31.4 Å². The first-order chi connectivity index (χ1) is 9.40. The zero-order chi connectivity index (χ0) is 14.8. The largest absolute Gasteiger partial charge is 0.468 e. The van der Waals surface area contributed by atoms with Gasteiger partial charge in [-0.1, -0.05) is 20.8 Å². The molecule has 2 rings (SSSR count). The number of furan rings is 1. The van der Waals surface area contributed by atoms with Crippen molar-refractivity contribution in [2.45, 2.75) is 58.4 Å². The molecule has 1 aliphatic rings. The minimum Gasteiger partial charge on any atom is -0.468 e. The monoisotopic (exact) mass is 279 g/mol. The third-order valence-electron chi connectivity index (χ3n) is 3.69. The molecule has 112 valence electrons. The number of hydrogen-bond acceptors (Lipinski definition) is 3. The number of amides is 1. The maximum Gasteiger partial charge on any atom is 0.255 e. The average Bonchev–Trinajstić information content (AvgIpc) is 3.10. The van der Waals surface area contributed by atoms with E-state index < -0.39 is 0 Å². The maximum absolute atomic E-state index is 12.3. The Hall–Kier alpha value is -1.29. The van der Waals surface area contributed by atoms with Gasteiger partial charge in [-0.25, -0.2) is 0 Å². The van der Waals surface area contributed by atoms with Crippen LogP contribution >= 0.6 is 0 Å². The molecule has 0 aromatic carbocycles. The first-order valence-electron chi connectivity index (χ1n) is 7.40. The number of carbonyl (C=O) groups is 1. The molecule has 4 nitrogen and oxygen atoms in total. The highest BCUT2D eigenvalue weighted by molar-refractivity contribution is 5.95. The molecule has 1 heterocycles.